The van der Waals surface area contributed by atoms with Crippen LogP contribution >= 0.6 is 11.3 Å². The molecule has 0 radical (unpaired) electrons. The smallest absolute Gasteiger partial charge is 0.162 e. The molecule has 0 aliphatic carbocycles. The van der Waals surface area contributed by atoms with Crippen LogP contribution in [0.25, 0.3) is 10.8 Å². The lowest BCUT2D eigenvalue weighted by Crippen LogP contribution is -2.13. The first-order valence-electron chi connectivity index (χ1n) is 7.52. The second kappa shape index (κ2) is 6.56. The van der Waals surface area contributed by atoms with E-state index in [0.29, 0.717) is 11.5 Å². The highest BCUT2D eigenvalue weighted by molar-refractivity contribution is 7.10. The summed E-state index contributed by atoms with van der Waals surface area (Å²) in [4.78, 5) is 5.61. The van der Waals surface area contributed by atoms with Crippen LogP contribution in [0.15, 0.2) is 41.9 Å². The van der Waals surface area contributed by atoms with Gasteiger partial charge in [-0.25, -0.2) is 0 Å². The Bertz CT molecular complexity index is 800. The molecule has 0 amide bonds. The fraction of sp³-hybridized carbons (Fsp3) is 0.278. The summed E-state index contributed by atoms with van der Waals surface area (Å²) in [5.74, 6) is 1.43. The van der Waals surface area contributed by atoms with Crippen molar-refractivity contribution < 1.29 is 9.47 Å². The van der Waals surface area contributed by atoms with Crippen LogP contribution in [0.4, 0.5) is 0 Å². The first kappa shape index (κ1) is 15.8. The van der Waals surface area contributed by atoms with Gasteiger partial charge in [0, 0.05) is 16.5 Å². The van der Waals surface area contributed by atoms with Gasteiger partial charge in [-0.05, 0) is 48.9 Å². The molecule has 5 heteroatoms. The maximum absolute atomic E-state index is 6.42. The van der Waals surface area contributed by atoms with Crippen LogP contribution < -0.4 is 15.2 Å². The highest BCUT2D eigenvalue weighted by Crippen LogP contribution is 2.36. The quantitative estimate of drug-likeness (QED) is 0.765. The predicted molar refractivity (Wildman–Crippen MR) is 94.4 cm³/mol. The Hall–Kier alpha value is -2.11. The van der Waals surface area contributed by atoms with Crippen LogP contribution in [0.1, 0.15) is 30.5 Å². The molecule has 0 saturated carbocycles. The molecule has 1 atom stereocenters. The molecule has 1 aromatic carbocycles. The highest BCUT2D eigenvalue weighted by Gasteiger charge is 2.17. The van der Waals surface area contributed by atoms with Crippen molar-refractivity contribution >= 4 is 22.1 Å². The number of hydrogen-bond acceptors (Lipinski definition) is 5. The molecule has 0 spiro atoms. The SMILES string of the molecule is COc1cc2ccnc(C(N)c3cccs3)c2cc1OC(C)C. The van der Waals surface area contributed by atoms with Crippen molar-refractivity contribution in [2.75, 3.05) is 7.11 Å². The Labute approximate surface area is 139 Å². The lowest BCUT2D eigenvalue weighted by molar-refractivity contribution is 0.230. The number of aromatic nitrogens is 1. The molecule has 3 aromatic rings. The second-order valence-electron chi connectivity index (χ2n) is 5.58. The molecule has 0 bridgehead atoms. The standard InChI is InChI=1S/C18H20N2O2S/c1-11(2)22-15-10-13-12(9-14(15)21-3)6-7-20-18(13)17(19)16-5-4-8-23-16/h4-11,17H,19H2,1-3H3. The molecule has 120 valence electrons. The Morgan fingerprint density at radius 2 is 2.00 bits per heavy atom. The predicted octanol–water partition coefficient (Wildman–Crippen LogP) is 4.14. The van der Waals surface area contributed by atoms with Gasteiger partial charge in [-0.1, -0.05) is 6.07 Å². The Balaban J connectivity index is 2.15. The van der Waals surface area contributed by atoms with Crippen molar-refractivity contribution in [3.8, 4) is 11.5 Å². The fourth-order valence-corrected chi connectivity index (χ4v) is 3.29. The molecule has 2 aromatic heterocycles. The van der Waals surface area contributed by atoms with Gasteiger partial charge in [0.05, 0.1) is 24.9 Å². The zero-order chi connectivity index (χ0) is 16.4. The third-order valence-electron chi connectivity index (χ3n) is 3.59. The van der Waals surface area contributed by atoms with Crippen molar-refractivity contribution in [2.24, 2.45) is 5.73 Å². The molecular weight excluding hydrogens is 308 g/mol. The van der Waals surface area contributed by atoms with Gasteiger partial charge in [-0.15, -0.1) is 11.3 Å². The largest absolute Gasteiger partial charge is 0.493 e. The molecular formula is C18H20N2O2S. The third-order valence-corrected chi connectivity index (χ3v) is 4.54. The Kier molecular flexibility index (Phi) is 4.50. The molecule has 4 nitrogen and oxygen atoms in total. The molecule has 2 heterocycles. The topological polar surface area (TPSA) is 57.4 Å². The summed E-state index contributed by atoms with van der Waals surface area (Å²) in [7, 11) is 1.65. The number of hydrogen-bond donors (Lipinski definition) is 1. The van der Waals surface area contributed by atoms with Gasteiger partial charge >= 0.3 is 0 Å². The van der Waals surface area contributed by atoms with Gasteiger partial charge in [0.2, 0.25) is 0 Å². The minimum atomic E-state index is -0.251. The van der Waals surface area contributed by atoms with Gasteiger partial charge < -0.3 is 15.2 Å². The average molecular weight is 328 g/mol. The van der Waals surface area contributed by atoms with Crippen molar-refractivity contribution in [3.05, 3.63) is 52.5 Å². The molecule has 23 heavy (non-hydrogen) atoms. The number of nitrogens with two attached hydrogens (primary N) is 1. The molecule has 2 N–H and O–H groups in total. The first-order chi connectivity index (χ1) is 11.1. The van der Waals surface area contributed by atoms with Crippen LogP contribution in [0.5, 0.6) is 11.5 Å². The monoisotopic (exact) mass is 328 g/mol. The van der Waals surface area contributed by atoms with E-state index >= 15 is 0 Å². The molecule has 3 rings (SSSR count). The summed E-state index contributed by atoms with van der Waals surface area (Å²) in [6, 6.07) is 9.69. The zero-order valence-corrected chi connectivity index (χ0v) is 14.3. The molecule has 0 aliphatic heterocycles. The number of methoxy groups -OCH3 is 1. The van der Waals surface area contributed by atoms with Crippen LogP contribution in [-0.2, 0) is 0 Å². The lowest BCUT2D eigenvalue weighted by atomic mass is 10.0. The lowest BCUT2D eigenvalue weighted by Gasteiger charge is -2.17. The summed E-state index contributed by atoms with van der Waals surface area (Å²) < 4.78 is 11.3. The minimum absolute atomic E-state index is 0.0624. The number of pyridine rings is 1. The van der Waals surface area contributed by atoms with E-state index in [2.05, 4.69) is 4.98 Å². The van der Waals surface area contributed by atoms with E-state index in [-0.39, 0.29) is 12.1 Å². The second-order valence-corrected chi connectivity index (χ2v) is 6.56. The third kappa shape index (κ3) is 3.16. The zero-order valence-electron chi connectivity index (χ0n) is 13.4. The Morgan fingerprint density at radius 3 is 2.65 bits per heavy atom. The van der Waals surface area contributed by atoms with Crippen LogP contribution in [0.2, 0.25) is 0 Å². The first-order valence-corrected chi connectivity index (χ1v) is 8.40. The number of fused-ring (bicyclic) bond motifs is 1. The van der Waals surface area contributed by atoms with E-state index in [1.54, 1.807) is 24.6 Å². The van der Waals surface area contributed by atoms with E-state index in [1.165, 1.54) is 0 Å². The summed E-state index contributed by atoms with van der Waals surface area (Å²) in [5.41, 5.74) is 7.27. The number of ether oxygens (including phenoxy) is 2. The summed E-state index contributed by atoms with van der Waals surface area (Å²) in [6.45, 7) is 3.98. The molecule has 1 unspecified atom stereocenters. The van der Waals surface area contributed by atoms with Gasteiger partial charge in [-0.2, -0.15) is 0 Å². The van der Waals surface area contributed by atoms with Gasteiger partial charge in [0.15, 0.2) is 11.5 Å². The van der Waals surface area contributed by atoms with Crippen molar-refractivity contribution in [1.29, 1.82) is 0 Å². The number of thiophene rings is 1. The van der Waals surface area contributed by atoms with Gasteiger partial charge in [0.1, 0.15) is 0 Å². The summed E-state index contributed by atoms with van der Waals surface area (Å²) in [6.07, 6.45) is 1.85. The maximum atomic E-state index is 6.42. The molecule has 0 fully saturated rings. The van der Waals surface area contributed by atoms with Crippen molar-refractivity contribution in [1.82, 2.24) is 4.98 Å². The van der Waals surface area contributed by atoms with Crippen LogP contribution in [0, 0.1) is 0 Å². The number of rotatable bonds is 5. The molecule has 0 saturated heterocycles. The summed E-state index contributed by atoms with van der Waals surface area (Å²) in [5, 5.41) is 4.05. The van der Waals surface area contributed by atoms with Crippen LogP contribution in [-0.4, -0.2) is 18.2 Å². The van der Waals surface area contributed by atoms with Crippen LogP contribution in [0.3, 0.4) is 0 Å². The fourth-order valence-electron chi connectivity index (χ4n) is 2.56. The van der Waals surface area contributed by atoms with Crippen molar-refractivity contribution in [2.45, 2.75) is 26.0 Å². The highest BCUT2D eigenvalue weighted by atomic mass is 32.1. The number of benzene rings is 1. The van der Waals surface area contributed by atoms with E-state index in [1.807, 2.05) is 49.6 Å². The van der Waals surface area contributed by atoms with Gasteiger partial charge in [-0.3, -0.25) is 4.98 Å². The minimum Gasteiger partial charge on any atom is -0.493 e. The Morgan fingerprint density at radius 1 is 1.17 bits per heavy atom. The van der Waals surface area contributed by atoms with E-state index in [4.69, 9.17) is 15.2 Å². The summed E-state index contributed by atoms with van der Waals surface area (Å²) >= 11 is 1.64. The van der Waals surface area contributed by atoms with E-state index in [9.17, 15) is 0 Å². The van der Waals surface area contributed by atoms with E-state index in [0.717, 1.165) is 21.3 Å². The number of nitrogens with zero attached hydrogens (tertiary/aromatic N) is 1. The normalized spacial score (nSPS) is 12.6. The van der Waals surface area contributed by atoms with Crippen molar-refractivity contribution in [3.63, 3.8) is 0 Å². The average Bonchev–Trinajstić information content (AvgIpc) is 3.07. The van der Waals surface area contributed by atoms with E-state index < -0.39 is 0 Å². The molecule has 0 aliphatic rings. The van der Waals surface area contributed by atoms with Gasteiger partial charge in [0.25, 0.3) is 0 Å². The maximum Gasteiger partial charge on any atom is 0.162 e.